The van der Waals surface area contributed by atoms with E-state index in [1.165, 1.54) is 25.6 Å². The Kier molecular flexibility index (Phi) is 6.56. The molecule has 1 aliphatic heterocycles. The topological polar surface area (TPSA) is 94.5 Å². The Balaban J connectivity index is 1.79. The zero-order valence-electron chi connectivity index (χ0n) is 20.1. The van der Waals surface area contributed by atoms with E-state index in [0.29, 0.717) is 33.4 Å². The third-order valence-corrected chi connectivity index (χ3v) is 6.76. The van der Waals surface area contributed by atoms with Crippen molar-refractivity contribution in [1.82, 2.24) is 15.2 Å². The monoisotopic (exact) mass is 500 g/mol. The Labute approximate surface area is 212 Å². The van der Waals surface area contributed by atoms with E-state index in [4.69, 9.17) is 9.47 Å². The molecule has 0 N–H and O–H groups in total. The Hall–Kier alpha value is -3.98. The standard InChI is InChI=1S/C27H24N4O4S/c1-4-15-36-27-28-25-24(29-30-27)20-11-7-8-12-21(20)31(16(2)32)26(35-25)23-19-10-6-5-9-18(19)13-14-22(23)34-17(3)33/h5-14,26H,4,15H2,1-3H3/t26-/m1/s1. The van der Waals surface area contributed by atoms with E-state index < -0.39 is 12.2 Å². The van der Waals surface area contributed by atoms with Crippen LogP contribution in [0.3, 0.4) is 0 Å². The summed E-state index contributed by atoms with van der Waals surface area (Å²) in [4.78, 5) is 31.5. The third kappa shape index (κ3) is 4.37. The van der Waals surface area contributed by atoms with Crippen LogP contribution in [-0.2, 0) is 9.59 Å². The number of thioether (sulfide) groups is 1. The van der Waals surface area contributed by atoms with E-state index in [0.717, 1.165) is 22.9 Å². The molecule has 0 saturated carbocycles. The fourth-order valence-electron chi connectivity index (χ4n) is 4.27. The third-order valence-electron chi connectivity index (χ3n) is 5.72. The van der Waals surface area contributed by atoms with Gasteiger partial charge >= 0.3 is 5.97 Å². The first kappa shape index (κ1) is 23.7. The maximum absolute atomic E-state index is 13.2. The van der Waals surface area contributed by atoms with Crippen molar-refractivity contribution >= 4 is 40.1 Å². The quantitative estimate of drug-likeness (QED) is 0.200. The molecule has 8 nitrogen and oxygen atoms in total. The van der Waals surface area contributed by atoms with E-state index in [9.17, 15) is 9.59 Å². The predicted octanol–water partition coefficient (Wildman–Crippen LogP) is 5.56. The Bertz CT molecular complexity index is 1480. The fraction of sp³-hybridized carbons (Fsp3) is 0.222. The van der Waals surface area contributed by atoms with Crippen molar-refractivity contribution in [2.24, 2.45) is 0 Å². The molecule has 2 heterocycles. The number of anilines is 1. The van der Waals surface area contributed by atoms with Crippen LogP contribution in [-0.4, -0.2) is 32.8 Å². The molecule has 1 atom stereocenters. The van der Waals surface area contributed by atoms with Crippen LogP contribution >= 0.6 is 11.8 Å². The Morgan fingerprint density at radius 3 is 2.58 bits per heavy atom. The van der Waals surface area contributed by atoms with Crippen LogP contribution in [0.2, 0.25) is 0 Å². The molecule has 0 spiro atoms. The minimum atomic E-state index is -0.980. The van der Waals surface area contributed by atoms with Gasteiger partial charge in [-0.25, -0.2) is 0 Å². The minimum absolute atomic E-state index is 0.254. The summed E-state index contributed by atoms with van der Waals surface area (Å²) in [5, 5.41) is 10.9. The number of fused-ring (bicyclic) bond motifs is 4. The van der Waals surface area contributed by atoms with Crippen LogP contribution in [0.5, 0.6) is 11.6 Å². The van der Waals surface area contributed by atoms with Gasteiger partial charge in [-0.1, -0.05) is 67.2 Å². The highest BCUT2D eigenvalue weighted by Crippen LogP contribution is 2.46. The molecule has 1 amide bonds. The number of carbonyl (C=O) groups excluding carboxylic acids is 2. The van der Waals surface area contributed by atoms with Crippen LogP contribution in [0.15, 0.2) is 65.8 Å². The number of para-hydroxylation sites is 1. The summed E-state index contributed by atoms with van der Waals surface area (Å²) < 4.78 is 12.2. The lowest BCUT2D eigenvalue weighted by atomic mass is 10.0. The lowest BCUT2D eigenvalue weighted by molar-refractivity contribution is -0.131. The molecule has 1 aliphatic rings. The number of nitrogens with zero attached hydrogens (tertiary/aromatic N) is 4. The fourth-order valence-corrected chi connectivity index (χ4v) is 4.90. The van der Waals surface area contributed by atoms with Crippen molar-refractivity contribution in [2.45, 2.75) is 38.6 Å². The van der Waals surface area contributed by atoms with Crippen molar-refractivity contribution in [2.75, 3.05) is 10.7 Å². The second-order valence-corrected chi connectivity index (χ2v) is 9.33. The molecule has 0 radical (unpaired) electrons. The molecular formula is C27H24N4O4S. The van der Waals surface area contributed by atoms with Gasteiger partial charge in [0.1, 0.15) is 5.75 Å². The molecule has 3 aromatic carbocycles. The van der Waals surface area contributed by atoms with Crippen LogP contribution in [0, 0.1) is 0 Å². The van der Waals surface area contributed by atoms with Gasteiger partial charge in [-0.2, -0.15) is 4.98 Å². The molecule has 0 fully saturated rings. The number of amides is 1. The molecule has 9 heteroatoms. The van der Waals surface area contributed by atoms with Crippen LogP contribution in [0.25, 0.3) is 22.0 Å². The van der Waals surface area contributed by atoms with Crippen LogP contribution in [0.4, 0.5) is 5.69 Å². The maximum atomic E-state index is 13.2. The Morgan fingerprint density at radius 2 is 1.81 bits per heavy atom. The summed E-state index contributed by atoms with van der Waals surface area (Å²) in [6.45, 7) is 4.89. The van der Waals surface area contributed by atoms with E-state index in [1.807, 2.05) is 54.6 Å². The molecule has 5 rings (SSSR count). The van der Waals surface area contributed by atoms with Gasteiger partial charge in [-0.05, 0) is 29.3 Å². The SMILES string of the molecule is CCCSc1nnc2c(n1)O[C@H](c1c(OC(C)=O)ccc3ccccc13)N(C(C)=O)c1ccccc1-2. The molecule has 0 aliphatic carbocycles. The van der Waals surface area contributed by atoms with Gasteiger partial charge < -0.3 is 9.47 Å². The zero-order chi connectivity index (χ0) is 25.2. The maximum Gasteiger partial charge on any atom is 0.308 e. The highest BCUT2D eigenvalue weighted by Gasteiger charge is 2.37. The zero-order valence-corrected chi connectivity index (χ0v) is 20.9. The second kappa shape index (κ2) is 9.94. The second-order valence-electron chi connectivity index (χ2n) is 8.27. The average Bonchev–Trinajstić information content (AvgIpc) is 3.01. The van der Waals surface area contributed by atoms with Crippen LogP contribution < -0.4 is 14.4 Å². The van der Waals surface area contributed by atoms with Crippen LogP contribution in [0.1, 0.15) is 39.0 Å². The first-order valence-electron chi connectivity index (χ1n) is 11.6. The number of hydrogen-bond donors (Lipinski definition) is 0. The molecule has 0 saturated heterocycles. The van der Waals surface area contributed by atoms with Gasteiger partial charge in [0.05, 0.1) is 11.3 Å². The van der Waals surface area contributed by atoms with Gasteiger partial charge in [0, 0.05) is 25.2 Å². The van der Waals surface area contributed by atoms with Crippen molar-refractivity contribution in [3.63, 3.8) is 0 Å². The first-order chi connectivity index (χ1) is 17.5. The lowest BCUT2D eigenvalue weighted by Crippen LogP contribution is -2.36. The number of esters is 1. The normalized spacial score (nSPS) is 14.4. The van der Waals surface area contributed by atoms with Gasteiger partial charge in [-0.3, -0.25) is 14.5 Å². The smallest absolute Gasteiger partial charge is 0.308 e. The van der Waals surface area contributed by atoms with Crippen molar-refractivity contribution in [3.8, 4) is 22.9 Å². The number of ether oxygens (including phenoxy) is 2. The number of aromatic nitrogens is 3. The van der Waals surface area contributed by atoms with Crippen molar-refractivity contribution in [1.29, 1.82) is 0 Å². The van der Waals surface area contributed by atoms with E-state index >= 15 is 0 Å². The molecule has 1 aromatic heterocycles. The largest absolute Gasteiger partial charge is 0.447 e. The van der Waals surface area contributed by atoms with Gasteiger partial charge in [0.25, 0.3) is 0 Å². The number of carbonyl (C=O) groups is 2. The molecule has 182 valence electrons. The van der Waals surface area contributed by atoms with E-state index in [1.54, 1.807) is 11.0 Å². The molecule has 0 bridgehead atoms. The number of hydrogen-bond acceptors (Lipinski definition) is 8. The summed E-state index contributed by atoms with van der Waals surface area (Å²) in [6.07, 6.45) is -0.0248. The summed E-state index contributed by atoms with van der Waals surface area (Å²) in [5.41, 5.74) is 2.25. The Morgan fingerprint density at radius 1 is 1.03 bits per heavy atom. The van der Waals surface area contributed by atoms with Crippen molar-refractivity contribution in [3.05, 3.63) is 66.2 Å². The van der Waals surface area contributed by atoms with E-state index in [-0.39, 0.29) is 11.8 Å². The lowest BCUT2D eigenvalue weighted by Gasteiger charge is -2.31. The van der Waals surface area contributed by atoms with Gasteiger partial charge in [-0.15, -0.1) is 10.2 Å². The summed E-state index contributed by atoms with van der Waals surface area (Å²) >= 11 is 1.48. The predicted molar refractivity (Wildman–Crippen MR) is 138 cm³/mol. The summed E-state index contributed by atoms with van der Waals surface area (Å²) in [6, 6.07) is 18.7. The average molecular weight is 501 g/mol. The molecular weight excluding hydrogens is 476 g/mol. The first-order valence-corrected chi connectivity index (χ1v) is 12.6. The summed E-state index contributed by atoms with van der Waals surface area (Å²) in [5.74, 6) is 0.667. The highest BCUT2D eigenvalue weighted by molar-refractivity contribution is 7.99. The molecule has 36 heavy (non-hydrogen) atoms. The molecule has 0 unspecified atom stereocenters. The van der Waals surface area contributed by atoms with Gasteiger partial charge in [0.15, 0.2) is 5.69 Å². The van der Waals surface area contributed by atoms with E-state index in [2.05, 4.69) is 22.1 Å². The van der Waals surface area contributed by atoms with Gasteiger partial charge in [0.2, 0.25) is 23.2 Å². The summed E-state index contributed by atoms with van der Waals surface area (Å²) in [7, 11) is 0. The highest BCUT2D eigenvalue weighted by atomic mass is 32.2. The minimum Gasteiger partial charge on any atom is -0.447 e. The number of benzene rings is 3. The molecule has 4 aromatic rings. The number of rotatable bonds is 5. The van der Waals surface area contributed by atoms with Crippen molar-refractivity contribution < 1.29 is 19.1 Å².